The number of hydrogen-bond donors (Lipinski definition) is 1. The van der Waals surface area contributed by atoms with Crippen LogP contribution in [-0.4, -0.2) is 20.9 Å². The Balaban J connectivity index is 1.92. The standard InChI is InChI=1S/C15H13Cl2NO3S/c16-14-4-2-1-3-13(14)15(19)18-10-9-11-5-7-12(8-6-11)22(17,20)21/h1-8H,9-10H2,(H,18,19). The van der Waals surface area contributed by atoms with Crippen LogP contribution in [0.2, 0.25) is 5.02 Å². The minimum Gasteiger partial charge on any atom is -0.352 e. The molecule has 0 aliphatic rings. The third-order valence-corrected chi connectivity index (χ3v) is 4.72. The van der Waals surface area contributed by atoms with Gasteiger partial charge in [0, 0.05) is 17.2 Å². The third kappa shape index (κ3) is 4.47. The maximum Gasteiger partial charge on any atom is 0.261 e. The summed E-state index contributed by atoms with van der Waals surface area (Å²) < 4.78 is 22.3. The van der Waals surface area contributed by atoms with Gasteiger partial charge in [0.25, 0.3) is 15.0 Å². The van der Waals surface area contributed by atoms with E-state index in [-0.39, 0.29) is 10.8 Å². The van der Waals surface area contributed by atoms with Crippen LogP contribution in [0.4, 0.5) is 0 Å². The van der Waals surface area contributed by atoms with Gasteiger partial charge < -0.3 is 5.32 Å². The number of hydrogen-bond acceptors (Lipinski definition) is 3. The van der Waals surface area contributed by atoms with Crippen LogP contribution in [0.3, 0.4) is 0 Å². The van der Waals surface area contributed by atoms with Crippen molar-refractivity contribution in [1.82, 2.24) is 5.32 Å². The molecule has 0 fully saturated rings. The van der Waals surface area contributed by atoms with Gasteiger partial charge in [-0.15, -0.1) is 0 Å². The Morgan fingerprint density at radius 2 is 1.68 bits per heavy atom. The van der Waals surface area contributed by atoms with Gasteiger partial charge in [0.15, 0.2) is 0 Å². The number of rotatable bonds is 5. The molecule has 2 aromatic carbocycles. The number of nitrogens with one attached hydrogen (secondary N) is 1. The topological polar surface area (TPSA) is 63.2 Å². The summed E-state index contributed by atoms with van der Waals surface area (Å²) >= 11 is 5.94. The summed E-state index contributed by atoms with van der Waals surface area (Å²) in [4.78, 5) is 12.0. The molecule has 22 heavy (non-hydrogen) atoms. The predicted octanol–water partition coefficient (Wildman–Crippen LogP) is 3.24. The van der Waals surface area contributed by atoms with E-state index in [2.05, 4.69) is 5.32 Å². The van der Waals surface area contributed by atoms with Gasteiger partial charge in [-0.1, -0.05) is 35.9 Å². The van der Waals surface area contributed by atoms with Crippen LogP contribution in [0.15, 0.2) is 53.4 Å². The second kappa shape index (κ2) is 7.13. The lowest BCUT2D eigenvalue weighted by atomic mass is 10.1. The largest absolute Gasteiger partial charge is 0.352 e. The lowest BCUT2D eigenvalue weighted by Crippen LogP contribution is -2.25. The third-order valence-electron chi connectivity index (χ3n) is 3.02. The van der Waals surface area contributed by atoms with Crippen molar-refractivity contribution < 1.29 is 13.2 Å². The first kappa shape index (κ1) is 16.8. The van der Waals surface area contributed by atoms with E-state index in [1.165, 1.54) is 12.1 Å². The first-order valence-corrected chi connectivity index (χ1v) is 9.13. The van der Waals surface area contributed by atoms with E-state index in [4.69, 9.17) is 22.3 Å². The van der Waals surface area contributed by atoms with Crippen molar-refractivity contribution in [2.45, 2.75) is 11.3 Å². The van der Waals surface area contributed by atoms with Crippen LogP contribution in [0, 0.1) is 0 Å². The average Bonchev–Trinajstić information content (AvgIpc) is 2.47. The lowest BCUT2D eigenvalue weighted by Gasteiger charge is -2.07. The molecule has 0 bridgehead atoms. The van der Waals surface area contributed by atoms with Crippen molar-refractivity contribution in [3.63, 3.8) is 0 Å². The molecule has 0 aliphatic heterocycles. The second-order valence-corrected chi connectivity index (χ2v) is 7.54. The van der Waals surface area contributed by atoms with Crippen molar-refractivity contribution in [2.75, 3.05) is 6.54 Å². The van der Waals surface area contributed by atoms with Crippen LogP contribution < -0.4 is 5.32 Å². The summed E-state index contributed by atoms with van der Waals surface area (Å²) in [7, 11) is 1.54. The van der Waals surface area contributed by atoms with Gasteiger partial charge in [0.05, 0.1) is 15.5 Å². The first-order valence-electron chi connectivity index (χ1n) is 6.44. The maximum absolute atomic E-state index is 11.9. The molecule has 7 heteroatoms. The molecule has 1 N–H and O–H groups in total. The quantitative estimate of drug-likeness (QED) is 0.835. The Morgan fingerprint density at radius 1 is 1.05 bits per heavy atom. The molecule has 0 spiro atoms. The van der Waals surface area contributed by atoms with Crippen molar-refractivity contribution in [3.8, 4) is 0 Å². The molecule has 2 rings (SSSR count). The molecule has 0 aromatic heterocycles. The zero-order valence-electron chi connectivity index (χ0n) is 11.4. The van der Waals surface area contributed by atoms with E-state index < -0.39 is 9.05 Å². The molecular formula is C15H13Cl2NO3S. The maximum atomic E-state index is 11.9. The summed E-state index contributed by atoms with van der Waals surface area (Å²) in [6.07, 6.45) is 0.568. The van der Waals surface area contributed by atoms with E-state index in [1.807, 2.05) is 0 Å². The molecule has 0 atom stereocenters. The van der Waals surface area contributed by atoms with Gasteiger partial charge in [-0.2, -0.15) is 0 Å². The van der Waals surface area contributed by atoms with Gasteiger partial charge >= 0.3 is 0 Å². The highest BCUT2D eigenvalue weighted by Gasteiger charge is 2.10. The molecular weight excluding hydrogens is 345 g/mol. The number of carbonyl (C=O) groups is 1. The number of benzene rings is 2. The summed E-state index contributed by atoms with van der Waals surface area (Å²) in [6, 6.07) is 13.0. The zero-order chi connectivity index (χ0) is 16.2. The second-order valence-electron chi connectivity index (χ2n) is 4.57. The van der Waals surface area contributed by atoms with Crippen LogP contribution in [0.25, 0.3) is 0 Å². The summed E-state index contributed by atoms with van der Waals surface area (Å²) in [5, 5.41) is 3.17. The smallest absolute Gasteiger partial charge is 0.261 e. The molecule has 116 valence electrons. The molecule has 0 heterocycles. The van der Waals surface area contributed by atoms with Gasteiger partial charge in [-0.3, -0.25) is 4.79 Å². The monoisotopic (exact) mass is 357 g/mol. The fourth-order valence-corrected chi connectivity index (χ4v) is 2.87. The molecule has 0 aliphatic carbocycles. The number of amides is 1. The van der Waals surface area contributed by atoms with Crippen LogP contribution >= 0.6 is 22.3 Å². The summed E-state index contributed by atoms with van der Waals surface area (Å²) in [5.41, 5.74) is 1.32. The fraction of sp³-hybridized carbons (Fsp3) is 0.133. The van der Waals surface area contributed by atoms with Crippen molar-refractivity contribution in [3.05, 3.63) is 64.7 Å². The van der Waals surface area contributed by atoms with Gasteiger partial charge in [-0.25, -0.2) is 8.42 Å². The van der Waals surface area contributed by atoms with Crippen molar-refractivity contribution >= 4 is 37.2 Å². The van der Waals surface area contributed by atoms with Crippen LogP contribution in [0.5, 0.6) is 0 Å². The van der Waals surface area contributed by atoms with Crippen LogP contribution in [-0.2, 0) is 15.5 Å². The minimum absolute atomic E-state index is 0.0537. The summed E-state index contributed by atoms with van der Waals surface area (Å²) in [6.45, 7) is 0.414. The highest BCUT2D eigenvalue weighted by Crippen LogP contribution is 2.16. The van der Waals surface area contributed by atoms with E-state index in [1.54, 1.807) is 36.4 Å². The normalized spacial score (nSPS) is 11.2. The summed E-state index contributed by atoms with van der Waals surface area (Å²) in [5.74, 6) is -0.245. The van der Waals surface area contributed by atoms with Gasteiger partial charge in [-0.05, 0) is 36.2 Å². The highest BCUT2D eigenvalue weighted by molar-refractivity contribution is 8.13. The molecule has 0 radical (unpaired) electrons. The van der Waals surface area contributed by atoms with Crippen molar-refractivity contribution in [1.29, 1.82) is 0 Å². The lowest BCUT2D eigenvalue weighted by molar-refractivity contribution is 0.0954. The predicted molar refractivity (Wildman–Crippen MR) is 87.0 cm³/mol. The van der Waals surface area contributed by atoms with Crippen molar-refractivity contribution in [2.24, 2.45) is 0 Å². The fourth-order valence-electron chi connectivity index (χ4n) is 1.88. The van der Waals surface area contributed by atoms with E-state index in [0.717, 1.165) is 5.56 Å². The Labute approximate surface area is 138 Å². The number of carbonyl (C=O) groups excluding carboxylic acids is 1. The Bertz CT molecular complexity index is 774. The van der Waals surface area contributed by atoms with Gasteiger partial charge in [0.1, 0.15) is 0 Å². The average molecular weight is 358 g/mol. The zero-order valence-corrected chi connectivity index (χ0v) is 13.8. The first-order chi connectivity index (χ1) is 10.4. The number of halogens is 2. The minimum atomic E-state index is -3.71. The van der Waals surface area contributed by atoms with E-state index in [0.29, 0.717) is 23.6 Å². The molecule has 2 aromatic rings. The molecule has 0 unspecified atom stereocenters. The highest BCUT2D eigenvalue weighted by atomic mass is 35.7. The van der Waals surface area contributed by atoms with E-state index in [9.17, 15) is 13.2 Å². The van der Waals surface area contributed by atoms with Gasteiger partial charge in [0.2, 0.25) is 0 Å². The molecule has 0 saturated carbocycles. The molecule has 4 nitrogen and oxygen atoms in total. The molecule has 0 saturated heterocycles. The van der Waals surface area contributed by atoms with E-state index >= 15 is 0 Å². The Hall–Kier alpha value is -1.56. The SMILES string of the molecule is O=C(NCCc1ccc(S(=O)(=O)Cl)cc1)c1ccccc1Cl. The van der Waals surface area contributed by atoms with Crippen LogP contribution in [0.1, 0.15) is 15.9 Å². The Kier molecular flexibility index (Phi) is 5.45. The molecule has 1 amide bonds. The Morgan fingerprint density at radius 3 is 2.27 bits per heavy atom.